The third-order valence-corrected chi connectivity index (χ3v) is 0.512. The first-order valence-electron chi connectivity index (χ1n) is 3.44. The Kier molecular flexibility index (Phi) is 21.4. The van der Waals surface area contributed by atoms with E-state index < -0.39 is 0 Å². The average molecular weight is 118 g/mol. The molecule has 0 amide bonds. The SMILES string of the molecule is CCC.CCCCO. The Morgan fingerprint density at radius 1 is 1.12 bits per heavy atom. The van der Waals surface area contributed by atoms with Crippen molar-refractivity contribution >= 4 is 0 Å². The maximum Gasteiger partial charge on any atom is 0.0430 e. The summed E-state index contributed by atoms with van der Waals surface area (Å²) in [6.07, 6.45) is 3.29. The van der Waals surface area contributed by atoms with Crippen molar-refractivity contribution in [3.05, 3.63) is 0 Å². The summed E-state index contributed by atoms with van der Waals surface area (Å²) in [4.78, 5) is 0. The highest BCUT2D eigenvalue weighted by Gasteiger charge is 1.69. The van der Waals surface area contributed by atoms with Gasteiger partial charge in [-0.05, 0) is 6.42 Å². The number of aliphatic hydroxyl groups excluding tert-OH is 1. The zero-order chi connectivity index (χ0) is 6.83. The van der Waals surface area contributed by atoms with Gasteiger partial charge in [0.1, 0.15) is 0 Å². The number of hydrogen-bond donors (Lipinski definition) is 1. The molecule has 0 aliphatic heterocycles. The van der Waals surface area contributed by atoms with E-state index in [1.54, 1.807) is 0 Å². The standard InChI is InChI=1S/C4H10O.C3H8/c1-2-3-4-5;1-3-2/h5H,2-4H2,1H3;3H2,1-2H3. The van der Waals surface area contributed by atoms with E-state index in [9.17, 15) is 0 Å². The average Bonchev–Trinajstić information content (AvgIpc) is 1.71. The summed E-state index contributed by atoms with van der Waals surface area (Å²) < 4.78 is 0. The summed E-state index contributed by atoms with van der Waals surface area (Å²) in [5.41, 5.74) is 0. The Morgan fingerprint density at radius 2 is 1.50 bits per heavy atom. The molecule has 1 heteroatoms. The molecule has 0 saturated carbocycles. The summed E-state index contributed by atoms with van der Waals surface area (Å²) in [6.45, 7) is 6.65. The fraction of sp³-hybridized carbons (Fsp3) is 1.00. The van der Waals surface area contributed by atoms with Crippen LogP contribution < -0.4 is 0 Å². The summed E-state index contributed by atoms with van der Waals surface area (Å²) in [7, 11) is 0. The normalized spacial score (nSPS) is 7.50. The predicted molar refractivity (Wildman–Crippen MR) is 38.0 cm³/mol. The van der Waals surface area contributed by atoms with E-state index in [1.807, 2.05) is 0 Å². The van der Waals surface area contributed by atoms with Crippen LogP contribution in [0.15, 0.2) is 0 Å². The summed E-state index contributed by atoms with van der Waals surface area (Å²) >= 11 is 0. The molecular weight excluding hydrogens is 100 g/mol. The van der Waals surface area contributed by atoms with Gasteiger partial charge < -0.3 is 5.11 Å². The van der Waals surface area contributed by atoms with Crippen LogP contribution in [-0.2, 0) is 0 Å². The molecule has 0 heterocycles. The summed E-state index contributed by atoms with van der Waals surface area (Å²) in [5, 5.41) is 8.07. The molecule has 0 aromatic carbocycles. The lowest BCUT2D eigenvalue weighted by Gasteiger charge is -1.79. The molecule has 0 aromatic rings. The van der Waals surface area contributed by atoms with Crippen LogP contribution in [0, 0.1) is 0 Å². The van der Waals surface area contributed by atoms with E-state index in [4.69, 9.17) is 5.11 Å². The molecule has 0 radical (unpaired) electrons. The van der Waals surface area contributed by atoms with E-state index in [2.05, 4.69) is 20.8 Å². The van der Waals surface area contributed by atoms with Gasteiger partial charge in [0.2, 0.25) is 0 Å². The van der Waals surface area contributed by atoms with Crippen molar-refractivity contribution in [1.82, 2.24) is 0 Å². The molecular formula is C7H18O. The third-order valence-electron chi connectivity index (χ3n) is 0.512. The van der Waals surface area contributed by atoms with Crippen molar-refractivity contribution < 1.29 is 5.11 Å². The molecule has 0 bridgehead atoms. The van der Waals surface area contributed by atoms with Crippen LogP contribution in [0.4, 0.5) is 0 Å². The van der Waals surface area contributed by atoms with Gasteiger partial charge in [-0.2, -0.15) is 0 Å². The van der Waals surface area contributed by atoms with Crippen molar-refractivity contribution in [3.63, 3.8) is 0 Å². The fourth-order valence-electron chi connectivity index (χ4n) is 0.158. The van der Waals surface area contributed by atoms with Gasteiger partial charge in [-0.1, -0.05) is 33.6 Å². The molecule has 0 aromatic heterocycles. The number of unbranched alkanes of at least 4 members (excludes halogenated alkanes) is 1. The maximum atomic E-state index is 8.07. The van der Waals surface area contributed by atoms with Gasteiger partial charge in [-0.3, -0.25) is 0 Å². The third kappa shape index (κ3) is 38.2. The van der Waals surface area contributed by atoms with Crippen molar-refractivity contribution in [3.8, 4) is 0 Å². The zero-order valence-corrected chi connectivity index (χ0v) is 6.28. The molecule has 0 atom stereocenters. The van der Waals surface area contributed by atoms with Crippen LogP contribution in [0.5, 0.6) is 0 Å². The van der Waals surface area contributed by atoms with Crippen LogP contribution in [0.1, 0.15) is 40.0 Å². The van der Waals surface area contributed by atoms with E-state index in [0.717, 1.165) is 12.8 Å². The summed E-state index contributed by atoms with van der Waals surface area (Å²) in [5.74, 6) is 0. The minimum absolute atomic E-state index is 0.344. The van der Waals surface area contributed by atoms with Crippen molar-refractivity contribution in [2.75, 3.05) is 6.61 Å². The molecule has 0 aliphatic carbocycles. The second-order valence-corrected chi connectivity index (χ2v) is 1.78. The van der Waals surface area contributed by atoms with Gasteiger partial charge in [-0.25, -0.2) is 0 Å². The lowest BCUT2D eigenvalue weighted by Crippen LogP contribution is -1.75. The van der Waals surface area contributed by atoms with Crippen LogP contribution in [-0.4, -0.2) is 11.7 Å². The number of hydrogen-bond acceptors (Lipinski definition) is 1. The Hall–Kier alpha value is -0.0400. The molecule has 1 N–H and O–H groups in total. The van der Waals surface area contributed by atoms with E-state index >= 15 is 0 Å². The molecule has 0 rings (SSSR count). The van der Waals surface area contributed by atoms with Gasteiger partial charge in [0.15, 0.2) is 0 Å². The molecule has 52 valence electrons. The first kappa shape index (κ1) is 10.9. The Morgan fingerprint density at radius 3 is 1.50 bits per heavy atom. The number of rotatable bonds is 2. The van der Waals surface area contributed by atoms with Crippen molar-refractivity contribution in [2.45, 2.75) is 40.0 Å². The van der Waals surface area contributed by atoms with Crippen LogP contribution in [0.3, 0.4) is 0 Å². The van der Waals surface area contributed by atoms with Crippen molar-refractivity contribution in [1.29, 1.82) is 0 Å². The highest BCUT2D eigenvalue weighted by atomic mass is 16.2. The second-order valence-electron chi connectivity index (χ2n) is 1.78. The first-order valence-corrected chi connectivity index (χ1v) is 3.44. The number of aliphatic hydroxyl groups is 1. The first-order chi connectivity index (χ1) is 3.83. The molecule has 0 saturated heterocycles. The Labute approximate surface area is 52.7 Å². The molecule has 0 unspecified atom stereocenters. The van der Waals surface area contributed by atoms with E-state index in [-0.39, 0.29) is 0 Å². The van der Waals surface area contributed by atoms with Gasteiger partial charge in [0, 0.05) is 6.61 Å². The topological polar surface area (TPSA) is 20.2 Å². The highest BCUT2D eigenvalue weighted by molar-refractivity contribution is 4.23. The lowest BCUT2D eigenvalue weighted by molar-refractivity contribution is 0.287. The smallest absolute Gasteiger partial charge is 0.0430 e. The fourth-order valence-corrected chi connectivity index (χ4v) is 0.158. The summed E-state index contributed by atoms with van der Waals surface area (Å²) in [6, 6.07) is 0. The molecule has 0 spiro atoms. The predicted octanol–water partition coefficient (Wildman–Crippen LogP) is 2.20. The van der Waals surface area contributed by atoms with E-state index in [1.165, 1.54) is 6.42 Å². The quantitative estimate of drug-likeness (QED) is 0.589. The van der Waals surface area contributed by atoms with E-state index in [0.29, 0.717) is 6.61 Å². The van der Waals surface area contributed by atoms with Gasteiger partial charge >= 0.3 is 0 Å². The molecule has 0 fully saturated rings. The van der Waals surface area contributed by atoms with Gasteiger partial charge in [0.05, 0.1) is 0 Å². The maximum absolute atomic E-state index is 8.07. The molecule has 8 heavy (non-hydrogen) atoms. The van der Waals surface area contributed by atoms with Crippen LogP contribution in [0.25, 0.3) is 0 Å². The molecule has 0 aliphatic rings. The van der Waals surface area contributed by atoms with Crippen LogP contribution >= 0.6 is 0 Å². The minimum Gasteiger partial charge on any atom is -0.396 e. The second kappa shape index (κ2) is 15.8. The highest BCUT2D eigenvalue weighted by Crippen LogP contribution is 1.78. The largest absolute Gasteiger partial charge is 0.396 e. The van der Waals surface area contributed by atoms with Gasteiger partial charge in [-0.15, -0.1) is 0 Å². The monoisotopic (exact) mass is 118 g/mol. The lowest BCUT2D eigenvalue weighted by atomic mass is 10.4. The molecule has 1 nitrogen and oxygen atoms in total. The van der Waals surface area contributed by atoms with Crippen LogP contribution in [0.2, 0.25) is 0 Å². The minimum atomic E-state index is 0.344. The zero-order valence-electron chi connectivity index (χ0n) is 6.28. The Balaban J connectivity index is 0. The Bertz CT molecular complexity index is 18.3. The van der Waals surface area contributed by atoms with Gasteiger partial charge in [0.25, 0.3) is 0 Å². The van der Waals surface area contributed by atoms with Crippen molar-refractivity contribution in [2.24, 2.45) is 0 Å².